The smallest absolute Gasteiger partial charge is 0.160 e. The molecule has 1 aliphatic carbocycles. The topological polar surface area (TPSA) is 38.9 Å². The Morgan fingerprint density at radius 3 is 1.94 bits per heavy atom. The van der Waals surface area contributed by atoms with Crippen LogP contribution in [-0.2, 0) is 5.41 Å². The van der Waals surface area contributed by atoms with Crippen molar-refractivity contribution in [3.8, 4) is 56.2 Å². The molecule has 9 aromatic rings. The van der Waals surface area contributed by atoms with E-state index < -0.39 is 0 Å². The number of hydrogen-bond donors (Lipinski definition) is 0. The fraction of sp³-hybridized carbons (Fsp3) is 0.0638. The minimum atomic E-state index is -0.148. The van der Waals surface area contributed by atoms with Crippen molar-refractivity contribution in [3.63, 3.8) is 0 Å². The van der Waals surface area contributed by atoms with Gasteiger partial charge >= 0.3 is 0 Å². The highest BCUT2D eigenvalue weighted by atomic mass is 16.3. The Morgan fingerprint density at radius 2 is 1.10 bits per heavy atom. The average molecular weight is 641 g/mol. The lowest BCUT2D eigenvalue weighted by atomic mass is 9.81. The van der Waals surface area contributed by atoms with Gasteiger partial charge in [0.25, 0.3) is 0 Å². The van der Waals surface area contributed by atoms with Crippen molar-refractivity contribution in [2.24, 2.45) is 0 Å². The fourth-order valence-corrected chi connectivity index (χ4v) is 7.98. The quantitative estimate of drug-likeness (QED) is 0.192. The molecule has 3 heteroatoms. The first-order chi connectivity index (χ1) is 24.5. The lowest BCUT2D eigenvalue weighted by Crippen LogP contribution is -2.14. The standard InChI is InChI=1S/C47H32N2O/c1-47(2)39-21-12-20-37(45(39)38-25-30-15-6-7-16-31(30)26-40(38)47)42-28-41(48-46(49-42)29-13-4-3-5-14-29)34-18-9-8-17-33(34)32-23-24-36-35-19-10-11-22-43(35)50-44(36)27-32/h3-28H,1-2H3. The van der Waals surface area contributed by atoms with Crippen molar-refractivity contribution in [3.05, 3.63) is 169 Å². The summed E-state index contributed by atoms with van der Waals surface area (Å²) in [5.74, 6) is 0.703. The number of hydrogen-bond acceptors (Lipinski definition) is 3. The molecule has 0 saturated carbocycles. The molecule has 0 saturated heterocycles. The van der Waals surface area contributed by atoms with Crippen LogP contribution in [0.15, 0.2) is 162 Å². The van der Waals surface area contributed by atoms with Crippen LogP contribution in [0.1, 0.15) is 25.0 Å². The van der Waals surface area contributed by atoms with Gasteiger partial charge in [0, 0.05) is 32.9 Å². The monoisotopic (exact) mass is 640 g/mol. The number of furan rings is 1. The van der Waals surface area contributed by atoms with Crippen LogP contribution in [0, 0.1) is 0 Å². The Balaban J connectivity index is 1.20. The Bertz CT molecular complexity index is 2790. The van der Waals surface area contributed by atoms with Gasteiger partial charge in [-0.2, -0.15) is 0 Å². The van der Waals surface area contributed by atoms with E-state index in [0.717, 1.165) is 61.1 Å². The molecule has 10 rings (SSSR count). The molecule has 0 aliphatic heterocycles. The number of rotatable bonds is 4. The number of fused-ring (bicyclic) bond motifs is 7. The van der Waals surface area contributed by atoms with Gasteiger partial charge in [0.2, 0.25) is 0 Å². The maximum Gasteiger partial charge on any atom is 0.160 e. The number of para-hydroxylation sites is 1. The fourth-order valence-electron chi connectivity index (χ4n) is 7.98. The van der Waals surface area contributed by atoms with E-state index in [1.165, 1.54) is 33.0 Å². The highest BCUT2D eigenvalue weighted by molar-refractivity contribution is 6.06. The molecule has 2 heterocycles. The Hall–Kier alpha value is -6.32. The van der Waals surface area contributed by atoms with Gasteiger partial charge in [-0.15, -0.1) is 0 Å². The van der Waals surface area contributed by atoms with Crippen molar-refractivity contribution >= 4 is 32.7 Å². The molecule has 236 valence electrons. The van der Waals surface area contributed by atoms with Crippen LogP contribution >= 0.6 is 0 Å². The average Bonchev–Trinajstić information content (AvgIpc) is 3.65. The Kier molecular flexibility index (Phi) is 6.22. The molecular weight excluding hydrogens is 609 g/mol. The third kappa shape index (κ3) is 4.37. The summed E-state index contributed by atoms with van der Waals surface area (Å²) < 4.78 is 6.30. The summed E-state index contributed by atoms with van der Waals surface area (Å²) in [7, 11) is 0. The molecule has 0 amide bonds. The van der Waals surface area contributed by atoms with E-state index in [1.54, 1.807) is 0 Å². The second-order valence-corrected chi connectivity index (χ2v) is 13.8. The van der Waals surface area contributed by atoms with E-state index in [9.17, 15) is 0 Å². The summed E-state index contributed by atoms with van der Waals surface area (Å²) in [6.45, 7) is 4.68. The minimum absolute atomic E-state index is 0.148. The van der Waals surface area contributed by atoms with Crippen LogP contribution in [-0.4, -0.2) is 9.97 Å². The first-order valence-electron chi connectivity index (χ1n) is 17.2. The molecule has 1 aliphatic rings. The first-order valence-corrected chi connectivity index (χ1v) is 17.2. The van der Waals surface area contributed by atoms with Crippen LogP contribution in [0.4, 0.5) is 0 Å². The summed E-state index contributed by atoms with van der Waals surface area (Å²) in [6.07, 6.45) is 0. The van der Waals surface area contributed by atoms with Gasteiger partial charge in [-0.25, -0.2) is 9.97 Å². The summed E-state index contributed by atoms with van der Waals surface area (Å²) in [5.41, 5.74) is 13.9. The zero-order chi connectivity index (χ0) is 33.4. The van der Waals surface area contributed by atoms with E-state index in [1.807, 2.05) is 30.3 Å². The highest BCUT2D eigenvalue weighted by Gasteiger charge is 2.37. The lowest BCUT2D eigenvalue weighted by Gasteiger charge is -2.22. The zero-order valence-electron chi connectivity index (χ0n) is 27.8. The van der Waals surface area contributed by atoms with E-state index >= 15 is 0 Å². The lowest BCUT2D eigenvalue weighted by molar-refractivity contribution is 0.661. The van der Waals surface area contributed by atoms with Gasteiger partial charge in [0.1, 0.15) is 11.2 Å². The maximum absolute atomic E-state index is 6.30. The number of nitrogens with zero attached hydrogens (tertiary/aromatic N) is 2. The predicted molar refractivity (Wildman–Crippen MR) is 206 cm³/mol. The Labute approximate surface area is 290 Å². The predicted octanol–water partition coefficient (Wildman–Crippen LogP) is 12.5. The van der Waals surface area contributed by atoms with Gasteiger partial charge in [0.05, 0.1) is 11.4 Å². The van der Waals surface area contributed by atoms with Gasteiger partial charge in [-0.3, -0.25) is 0 Å². The number of benzene rings is 7. The van der Waals surface area contributed by atoms with E-state index in [0.29, 0.717) is 5.82 Å². The third-order valence-corrected chi connectivity index (χ3v) is 10.5. The summed E-state index contributed by atoms with van der Waals surface area (Å²) in [5, 5.41) is 4.75. The van der Waals surface area contributed by atoms with Crippen molar-refractivity contribution < 1.29 is 4.42 Å². The number of aromatic nitrogens is 2. The van der Waals surface area contributed by atoms with Gasteiger partial charge in [0.15, 0.2) is 5.82 Å². The van der Waals surface area contributed by atoms with Crippen LogP contribution in [0.5, 0.6) is 0 Å². The third-order valence-electron chi connectivity index (χ3n) is 10.5. The molecular formula is C47H32N2O. The molecule has 0 radical (unpaired) electrons. The van der Waals surface area contributed by atoms with Crippen molar-refractivity contribution in [1.82, 2.24) is 9.97 Å². The summed E-state index contributed by atoms with van der Waals surface area (Å²) in [4.78, 5) is 10.6. The van der Waals surface area contributed by atoms with Crippen molar-refractivity contribution in [2.75, 3.05) is 0 Å². The molecule has 0 spiro atoms. The maximum atomic E-state index is 6.30. The van der Waals surface area contributed by atoms with Crippen LogP contribution in [0.2, 0.25) is 0 Å². The first kappa shape index (κ1) is 28.7. The second-order valence-electron chi connectivity index (χ2n) is 13.8. The molecule has 3 nitrogen and oxygen atoms in total. The molecule has 0 fully saturated rings. The summed E-state index contributed by atoms with van der Waals surface area (Å²) >= 11 is 0. The van der Waals surface area contributed by atoms with E-state index in [4.69, 9.17) is 14.4 Å². The van der Waals surface area contributed by atoms with Gasteiger partial charge < -0.3 is 4.42 Å². The SMILES string of the molecule is CC1(C)c2cc3ccccc3cc2-c2c(-c3cc(-c4ccccc4-c4ccc5c(c4)oc4ccccc45)nc(-c4ccccc4)n3)cccc21. The highest BCUT2D eigenvalue weighted by Crippen LogP contribution is 2.53. The normalized spacial score (nSPS) is 13.2. The minimum Gasteiger partial charge on any atom is -0.456 e. The molecule has 0 N–H and O–H groups in total. The van der Waals surface area contributed by atoms with Crippen LogP contribution in [0.3, 0.4) is 0 Å². The van der Waals surface area contributed by atoms with Gasteiger partial charge in [-0.05, 0) is 80.6 Å². The summed E-state index contributed by atoms with van der Waals surface area (Å²) in [6, 6.07) is 55.8. The molecule has 2 aromatic heterocycles. The second kappa shape index (κ2) is 10.8. The molecule has 0 atom stereocenters. The van der Waals surface area contributed by atoms with Gasteiger partial charge in [-0.1, -0.05) is 135 Å². The van der Waals surface area contributed by atoms with Crippen molar-refractivity contribution in [2.45, 2.75) is 19.3 Å². The molecule has 7 aromatic carbocycles. The molecule has 0 bridgehead atoms. The molecule has 50 heavy (non-hydrogen) atoms. The van der Waals surface area contributed by atoms with Crippen molar-refractivity contribution in [1.29, 1.82) is 0 Å². The van der Waals surface area contributed by atoms with E-state index in [2.05, 4.69) is 141 Å². The van der Waals surface area contributed by atoms with Crippen LogP contribution < -0.4 is 0 Å². The zero-order valence-corrected chi connectivity index (χ0v) is 27.8. The largest absolute Gasteiger partial charge is 0.456 e. The Morgan fingerprint density at radius 1 is 0.440 bits per heavy atom. The molecule has 0 unspecified atom stereocenters. The van der Waals surface area contributed by atoms with Crippen LogP contribution in [0.25, 0.3) is 88.9 Å². The van der Waals surface area contributed by atoms with E-state index in [-0.39, 0.29) is 5.41 Å².